The van der Waals surface area contributed by atoms with Crippen LogP contribution in [0.15, 0.2) is 16.5 Å². The SMILES string of the molecule is CS(=O)(=O)N1CCCC(CC(=O)c2ccc(Cl)o2)C1. The van der Waals surface area contributed by atoms with Crippen LogP contribution in [0.2, 0.25) is 5.22 Å². The van der Waals surface area contributed by atoms with Crippen molar-refractivity contribution in [1.29, 1.82) is 0 Å². The molecule has 1 fully saturated rings. The molecule has 1 atom stereocenters. The Morgan fingerprint density at radius 3 is 2.84 bits per heavy atom. The van der Waals surface area contributed by atoms with Gasteiger partial charge in [0.25, 0.3) is 0 Å². The summed E-state index contributed by atoms with van der Waals surface area (Å²) in [7, 11) is -3.18. The minimum Gasteiger partial charge on any atom is -0.442 e. The number of hydrogen-bond acceptors (Lipinski definition) is 4. The number of carbonyl (C=O) groups excluding carboxylic acids is 1. The molecule has 0 spiro atoms. The Bertz CT molecular complexity index is 566. The molecule has 1 unspecified atom stereocenters. The van der Waals surface area contributed by atoms with E-state index in [1.165, 1.54) is 16.6 Å². The van der Waals surface area contributed by atoms with Crippen LogP contribution >= 0.6 is 11.6 Å². The van der Waals surface area contributed by atoms with E-state index in [-0.39, 0.29) is 29.1 Å². The van der Waals surface area contributed by atoms with E-state index in [0.29, 0.717) is 13.1 Å². The van der Waals surface area contributed by atoms with Gasteiger partial charge in [0.15, 0.2) is 16.8 Å². The lowest BCUT2D eigenvalue weighted by atomic mass is 9.93. The molecule has 1 aliphatic rings. The Morgan fingerprint density at radius 1 is 1.53 bits per heavy atom. The summed E-state index contributed by atoms with van der Waals surface area (Å²) in [4.78, 5) is 12.0. The van der Waals surface area contributed by atoms with Crippen LogP contribution in [0.4, 0.5) is 0 Å². The van der Waals surface area contributed by atoms with Gasteiger partial charge in [-0.1, -0.05) is 0 Å². The minimum absolute atomic E-state index is 0.0415. The normalized spacial score (nSPS) is 21.5. The Labute approximate surface area is 117 Å². The Balaban J connectivity index is 1.98. The van der Waals surface area contributed by atoms with Crippen molar-refractivity contribution in [2.75, 3.05) is 19.3 Å². The highest BCUT2D eigenvalue weighted by Gasteiger charge is 2.28. The van der Waals surface area contributed by atoms with Crippen LogP contribution in [0, 0.1) is 5.92 Å². The maximum Gasteiger partial charge on any atom is 0.211 e. The van der Waals surface area contributed by atoms with Gasteiger partial charge in [-0.2, -0.15) is 0 Å². The van der Waals surface area contributed by atoms with Gasteiger partial charge >= 0.3 is 0 Å². The summed E-state index contributed by atoms with van der Waals surface area (Å²) in [6.07, 6.45) is 3.12. The van der Waals surface area contributed by atoms with Gasteiger partial charge in [-0.15, -0.1) is 0 Å². The fourth-order valence-corrected chi connectivity index (χ4v) is 3.41. The first-order valence-corrected chi connectivity index (χ1v) is 8.32. The number of Topliss-reactive ketones (excluding diaryl/α,β-unsaturated/α-hetero) is 1. The Kier molecular flexibility index (Phi) is 4.32. The maximum absolute atomic E-state index is 12.0. The van der Waals surface area contributed by atoms with Gasteiger partial charge in [-0.05, 0) is 42.5 Å². The number of hydrogen-bond donors (Lipinski definition) is 0. The Hall–Kier alpha value is -0.850. The lowest BCUT2D eigenvalue weighted by Crippen LogP contribution is -2.39. The molecule has 0 aliphatic carbocycles. The van der Waals surface area contributed by atoms with E-state index in [1.54, 1.807) is 6.07 Å². The lowest BCUT2D eigenvalue weighted by molar-refractivity contribution is 0.0915. The molecule has 7 heteroatoms. The van der Waals surface area contributed by atoms with Crippen LogP contribution in [-0.2, 0) is 10.0 Å². The summed E-state index contributed by atoms with van der Waals surface area (Å²) in [6, 6.07) is 3.07. The molecular weight excluding hydrogens is 290 g/mol. The van der Waals surface area contributed by atoms with E-state index in [1.807, 2.05) is 0 Å². The van der Waals surface area contributed by atoms with Gasteiger partial charge in [0, 0.05) is 19.5 Å². The summed E-state index contributed by atoms with van der Waals surface area (Å²) in [5, 5.41) is 0.185. The number of rotatable bonds is 4. The van der Waals surface area contributed by atoms with Crippen molar-refractivity contribution in [2.24, 2.45) is 5.92 Å². The molecular formula is C12H16ClNO4S. The third-order valence-electron chi connectivity index (χ3n) is 3.27. The van der Waals surface area contributed by atoms with Crippen LogP contribution in [0.1, 0.15) is 29.8 Å². The highest BCUT2D eigenvalue weighted by Crippen LogP contribution is 2.24. The molecule has 0 N–H and O–H groups in total. The fourth-order valence-electron chi connectivity index (χ4n) is 2.32. The topological polar surface area (TPSA) is 67.6 Å². The molecule has 1 aliphatic heterocycles. The van der Waals surface area contributed by atoms with Gasteiger partial charge in [0.05, 0.1) is 6.26 Å². The summed E-state index contributed by atoms with van der Waals surface area (Å²) in [5.74, 6) is 0.147. The predicted molar refractivity (Wildman–Crippen MR) is 71.8 cm³/mol. The van der Waals surface area contributed by atoms with E-state index in [4.69, 9.17) is 16.0 Å². The average Bonchev–Trinajstić information content (AvgIpc) is 2.75. The van der Waals surface area contributed by atoms with Gasteiger partial charge in [-0.3, -0.25) is 4.79 Å². The monoisotopic (exact) mass is 305 g/mol. The maximum atomic E-state index is 12.0. The Morgan fingerprint density at radius 2 is 2.26 bits per heavy atom. The van der Waals surface area contributed by atoms with Crippen molar-refractivity contribution in [3.05, 3.63) is 23.1 Å². The van der Waals surface area contributed by atoms with Crippen molar-refractivity contribution in [1.82, 2.24) is 4.31 Å². The van der Waals surface area contributed by atoms with Crippen LogP contribution < -0.4 is 0 Å². The molecule has 0 saturated carbocycles. The second-order valence-electron chi connectivity index (χ2n) is 4.86. The highest BCUT2D eigenvalue weighted by molar-refractivity contribution is 7.88. The van der Waals surface area contributed by atoms with Gasteiger partial charge < -0.3 is 4.42 Å². The van der Waals surface area contributed by atoms with Crippen molar-refractivity contribution >= 4 is 27.4 Å². The van der Waals surface area contributed by atoms with Gasteiger partial charge in [0.2, 0.25) is 10.0 Å². The second kappa shape index (κ2) is 5.64. The number of furan rings is 1. The number of carbonyl (C=O) groups is 1. The number of halogens is 1. The van der Waals surface area contributed by atoms with E-state index >= 15 is 0 Å². The highest BCUT2D eigenvalue weighted by atomic mass is 35.5. The molecule has 1 saturated heterocycles. The number of ketones is 1. The van der Waals surface area contributed by atoms with Gasteiger partial charge in [-0.25, -0.2) is 12.7 Å². The van der Waals surface area contributed by atoms with Crippen LogP contribution in [0.25, 0.3) is 0 Å². The molecule has 0 aromatic carbocycles. The minimum atomic E-state index is -3.18. The third-order valence-corrected chi connectivity index (χ3v) is 4.75. The fraction of sp³-hybridized carbons (Fsp3) is 0.583. The summed E-state index contributed by atoms with van der Waals surface area (Å²) < 4.78 is 29.5. The summed E-state index contributed by atoms with van der Waals surface area (Å²) in [5.41, 5.74) is 0. The molecule has 0 bridgehead atoms. The second-order valence-corrected chi connectivity index (χ2v) is 7.22. The molecule has 19 heavy (non-hydrogen) atoms. The van der Waals surface area contributed by atoms with Crippen molar-refractivity contribution in [3.8, 4) is 0 Å². The van der Waals surface area contributed by atoms with Crippen LogP contribution in [0.5, 0.6) is 0 Å². The third kappa shape index (κ3) is 3.81. The largest absolute Gasteiger partial charge is 0.442 e. The molecule has 2 rings (SSSR count). The standard InChI is InChI=1S/C12H16ClNO4S/c1-19(16,17)14-6-2-3-9(8-14)7-10(15)11-4-5-12(13)18-11/h4-5,9H,2-3,6-8H2,1H3. The average molecular weight is 306 g/mol. The molecule has 0 amide bonds. The van der Waals surface area contributed by atoms with Crippen molar-refractivity contribution < 1.29 is 17.6 Å². The van der Waals surface area contributed by atoms with Crippen LogP contribution in [-0.4, -0.2) is 37.9 Å². The number of nitrogens with zero attached hydrogens (tertiary/aromatic N) is 1. The number of sulfonamides is 1. The first-order valence-electron chi connectivity index (χ1n) is 6.10. The first-order chi connectivity index (χ1) is 8.86. The molecule has 1 aromatic heterocycles. The van der Waals surface area contributed by atoms with E-state index < -0.39 is 10.0 Å². The molecule has 5 nitrogen and oxygen atoms in total. The molecule has 106 valence electrons. The molecule has 0 radical (unpaired) electrons. The van der Waals surface area contributed by atoms with E-state index in [2.05, 4.69) is 0 Å². The van der Waals surface area contributed by atoms with E-state index in [0.717, 1.165) is 12.8 Å². The van der Waals surface area contributed by atoms with Crippen molar-refractivity contribution in [3.63, 3.8) is 0 Å². The zero-order chi connectivity index (χ0) is 14.0. The predicted octanol–water partition coefficient (Wildman–Crippen LogP) is 2.18. The quantitative estimate of drug-likeness (QED) is 0.800. The van der Waals surface area contributed by atoms with E-state index in [9.17, 15) is 13.2 Å². The van der Waals surface area contributed by atoms with Gasteiger partial charge in [0.1, 0.15) is 0 Å². The first kappa shape index (κ1) is 14.6. The summed E-state index contributed by atoms with van der Waals surface area (Å²) in [6.45, 7) is 0.940. The summed E-state index contributed by atoms with van der Waals surface area (Å²) >= 11 is 5.62. The van der Waals surface area contributed by atoms with Crippen LogP contribution in [0.3, 0.4) is 0 Å². The molecule has 1 aromatic rings. The number of piperidine rings is 1. The molecule has 2 heterocycles. The zero-order valence-corrected chi connectivity index (χ0v) is 12.2. The lowest BCUT2D eigenvalue weighted by Gasteiger charge is -2.30. The van der Waals surface area contributed by atoms with Crippen molar-refractivity contribution in [2.45, 2.75) is 19.3 Å². The smallest absolute Gasteiger partial charge is 0.211 e. The zero-order valence-electron chi connectivity index (χ0n) is 10.6.